The van der Waals surface area contributed by atoms with Gasteiger partial charge in [0.15, 0.2) is 0 Å². The molecule has 1 aliphatic rings. The fourth-order valence-corrected chi connectivity index (χ4v) is 4.75. The van der Waals surface area contributed by atoms with E-state index in [1.54, 1.807) is 0 Å². The molecule has 2 aromatic carbocycles. The molecule has 1 aliphatic heterocycles. The zero-order valence-corrected chi connectivity index (χ0v) is 14.5. The van der Waals surface area contributed by atoms with Gasteiger partial charge in [0.05, 0.1) is 11.6 Å². The van der Waals surface area contributed by atoms with Gasteiger partial charge in [-0.15, -0.1) is 11.8 Å². The second-order valence-corrected chi connectivity index (χ2v) is 7.41. The zero-order chi connectivity index (χ0) is 15.8. The van der Waals surface area contributed by atoms with E-state index in [2.05, 4.69) is 35.9 Å². The molecule has 0 saturated carbocycles. The number of aryl methyl sites for hydroxylation is 1. The molecule has 2 heterocycles. The van der Waals surface area contributed by atoms with E-state index in [-0.39, 0.29) is 0 Å². The third-order valence-electron chi connectivity index (χ3n) is 4.47. The lowest BCUT2D eigenvalue weighted by Gasteiger charge is -2.23. The van der Waals surface area contributed by atoms with Gasteiger partial charge in [0.2, 0.25) is 0 Å². The minimum absolute atomic E-state index is 0.438. The van der Waals surface area contributed by atoms with Crippen molar-refractivity contribution >= 4 is 34.3 Å². The highest BCUT2D eigenvalue weighted by atomic mass is 35.5. The van der Waals surface area contributed by atoms with Crippen molar-refractivity contribution in [3.63, 3.8) is 0 Å². The number of hydrogen-bond donors (Lipinski definition) is 0. The highest BCUT2D eigenvalue weighted by Crippen LogP contribution is 2.43. The van der Waals surface area contributed by atoms with E-state index in [0.29, 0.717) is 12.5 Å². The van der Waals surface area contributed by atoms with E-state index >= 15 is 0 Å². The molecule has 3 aromatic rings. The predicted octanol–water partition coefficient (Wildman–Crippen LogP) is 5.49. The van der Waals surface area contributed by atoms with Crippen LogP contribution >= 0.6 is 23.4 Å². The number of halogens is 1. The number of hydrogen-bond acceptors (Lipinski definition) is 2. The second-order valence-electron chi connectivity index (χ2n) is 5.89. The molecule has 4 rings (SSSR count). The van der Waals surface area contributed by atoms with Gasteiger partial charge in [0.25, 0.3) is 0 Å². The molecule has 0 fully saturated rings. The molecule has 118 valence electrons. The molecular weight excluding hydrogens is 326 g/mol. The first-order chi connectivity index (χ1) is 11.2. The van der Waals surface area contributed by atoms with Crippen molar-refractivity contribution in [3.05, 3.63) is 59.1 Å². The van der Waals surface area contributed by atoms with Crippen molar-refractivity contribution in [2.75, 3.05) is 12.4 Å². The molecule has 0 aliphatic carbocycles. The third-order valence-corrected chi connectivity index (χ3v) is 5.93. The molecule has 1 unspecified atom stereocenters. The molecule has 2 nitrogen and oxygen atoms in total. The van der Waals surface area contributed by atoms with Crippen molar-refractivity contribution in [1.82, 2.24) is 4.57 Å². The lowest BCUT2D eigenvalue weighted by molar-refractivity contribution is 0.283. The fraction of sp³-hybridized carbons (Fsp3) is 0.263. The summed E-state index contributed by atoms with van der Waals surface area (Å²) in [7, 11) is 2.16. The Balaban J connectivity index is 1.65. The zero-order valence-electron chi connectivity index (χ0n) is 13.0. The van der Waals surface area contributed by atoms with E-state index in [1.807, 2.05) is 36.0 Å². The van der Waals surface area contributed by atoms with Crippen molar-refractivity contribution < 1.29 is 4.74 Å². The van der Waals surface area contributed by atoms with E-state index in [0.717, 1.165) is 22.9 Å². The van der Waals surface area contributed by atoms with Crippen LogP contribution in [-0.2, 0) is 7.05 Å². The number of nitrogens with zero attached hydrogens (tertiary/aromatic N) is 1. The molecule has 0 radical (unpaired) electrons. The van der Waals surface area contributed by atoms with Gasteiger partial charge >= 0.3 is 0 Å². The molecule has 1 atom stereocenters. The highest BCUT2D eigenvalue weighted by molar-refractivity contribution is 7.99. The number of aromatic nitrogens is 1. The van der Waals surface area contributed by atoms with Crippen molar-refractivity contribution in [2.24, 2.45) is 7.05 Å². The average molecular weight is 344 g/mol. The van der Waals surface area contributed by atoms with Gasteiger partial charge < -0.3 is 9.30 Å². The number of benzene rings is 2. The number of para-hydroxylation sites is 1. The van der Waals surface area contributed by atoms with Gasteiger partial charge in [0.1, 0.15) is 5.75 Å². The standard InChI is InChI=1S/C19H18ClNOS/c1-21-17-5-3-2-4-16(17)18-13(10-11-23-19(18)21)12-22-15-8-6-14(20)7-9-15/h2-9,13H,10-12H2,1H3. The van der Waals surface area contributed by atoms with Crippen LogP contribution in [0.5, 0.6) is 5.75 Å². The normalized spacial score (nSPS) is 17.2. The number of fused-ring (bicyclic) bond motifs is 3. The topological polar surface area (TPSA) is 14.2 Å². The highest BCUT2D eigenvalue weighted by Gasteiger charge is 2.27. The van der Waals surface area contributed by atoms with Crippen LogP contribution < -0.4 is 4.74 Å². The van der Waals surface area contributed by atoms with Gasteiger partial charge in [-0.3, -0.25) is 0 Å². The second kappa shape index (κ2) is 6.14. The SMILES string of the molecule is Cn1c2c(c3ccccc31)C(COc1ccc(Cl)cc1)CCS2. The molecule has 0 bridgehead atoms. The monoisotopic (exact) mass is 343 g/mol. The minimum Gasteiger partial charge on any atom is -0.493 e. The maximum atomic E-state index is 6.04. The third kappa shape index (κ3) is 2.73. The van der Waals surface area contributed by atoms with Crippen molar-refractivity contribution in [2.45, 2.75) is 17.4 Å². The van der Waals surface area contributed by atoms with Crippen LogP contribution in [0.4, 0.5) is 0 Å². The Morgan fingerprint density at radius 3 is 2.78 bits per heavy atom. The van der Waals surface area contributed by atoms with E-state index < -0.39 is 0 Å². The average Bonchev–Trinajstić information content (AvgIpc) is 2.88. The summed E-state index contributed by atoms with van der Waals surface area (Å²) in [5.74, 6) is 2.47. The van der Waals surface area contributed by atoms with Gasteiger partial charge in [0, 0.05) is 34.6 Å². The summed E-state index contributed by atoms with van der Waals surface area (Å²) in [6.45, 7) is 0.712. The summed E-state index contributed by atoms with van der Waals surface area (Å²) in [5.41, 5.74) is 2.76. The molecule has 0 N–H and O–H groups in total. The van der Waals surface area contributed by atoms with Gasteiger partial charge in [-0.25, -0.2) is 0 Å². The van der Waals surface area contributed by atoms with E-state index in [4.69, 9.17) is 16.3 Å². The first-order valence-corrected chi connectivity index (χ1v) is 9.19. The molecule has 4 heteroatoms. The van der Waals surface area contributed by atoms with E-state index in [9.17, 15) is 0 Å². The van der Waals surface area contributed by atoms with Crippen LogP contribution in [0.15, 0.2) is 53.6 Å². The summed E-state index contributed by atoms with van der Waals surface area (Å²) in [6.07, 6.45) is 1.15. The first kappa shape index (κ1) is 15.0. The Bertz CT molecular complexity index is 840. The lowest BCUT2D eigenvalue weighted by atomic mass is 9.96. The lowest BCUT2D eigenvalue weighted by Crippen LogP contribution is -2.15. The Kier molecular flexibility index (Phi) is 4.00. The maximum Gasteiger partial charge on any atom is 0.119 e. The van der Waals surface area contributed by atoms with Crippen LogP contribution in [0.2, 0.25) is 5.02 Å². The fourth-order valence-electron chi connectivity index (χ4n) is 3.30. The molecule has 23 heavy (non-hydrogen) atoms. The Hall–Kier alpha value is -1.58. The van der Waals surface area contributed by atoms with Crippen LogP contribution in [-0.4, -0.2) is 16.9 Å². The largest absolute Gasteiger partial charge is 0.493 e. The van der Waals surface area contributed by atoms with Crippen molar-refractivity contribution in [1.29, 1.82) is 0 Å². The molecule has 0 amide bonds. The predicted molar refractivity (Wildman–Crippen MR) is 97.9 cm³/mol. The van der Waals surface area contributed by atoms with Crippen LogP contribution in [0.1, 0.15) is 17.9 Å². The molecule has 1 aromatic heterocycles. The van der Waals surface area contributed by atoms with Gasteiger partial charge in [-0.2, -0.15) is 0 Å². The summed E-state index contributed by atoms with van der Waals surface area (Å²) >= 11 is 7.89. The van der Waals surface area contributed by atoms with Crippen LogP contribution in [0, 0.1) is 0 Å². The molecule has 0 spiro atoms. The van der Waals surface area contributed by atoms with Gasteiger partial charge in [-0.05, 0) is 42.3 Å². The van der Waals surface area contributed by atoms with Gasteiger partial charge in [-0.1, -0.05) is 29.8 Å². The van der Waals surface area contributed by atoms with E-state index in [1.165, 1.54) is 21.5 Å². The Labute approximate surface area is 145 Å². The summed E-state index contributed by atoms with van der Waals surface area (Å²) in [6, 6.07) is 16.3. The summed E-state index contributed by atoms with van der Waals surface area (Å²) < 4.78 is 8.36. The quantitative estimate of drug-likeness (QED) is 0.624. The Morgan fingerprint density at radius 2 is 1.96 bits per heavy atom. The van der Waals surface area contributed by atoms with Crippen molar-refractivity contribution in [3.8, 4) is 5.75 Å². The number of rotatable bonds is 3. The maximum absolute atomic E-state index is 6.04. The smallest absolute Gasteiger partial charge is 0.119 e. The van der Waals surface area contributed by atoms with Crippen LogP contribution in [0.25, 0.3) is 10.9 Å². The first-order valence-electron chi connectivity index (χ1n) is 7.82. The Morgan fingerprint density at radius 1 is 1.17 bits per heavy atom. The molecular formula is C19H18ClNOS. The minimum atomic E-state index is 0.438. The number of thioether (sulfide) groups is 1. The number of ether oxygens (including phenoxy) is 1. The molecule has 0 saturated heterocycles. The summed E-state index contributed by atoms with van der Waals surface area (Å²) in [4.78, 5) is 0. The van der Waals surface area contributed by atoms with Crippen LogP contribution in [0.3, 0.4) is 0 Å². The summed E-state index contributed by atoms with van der Waals surface area (Å²) in [5, 5.41) is 3.49.